The van der Waals surface area contributed by atoms with Crippen LogP contribution in [0.1, 0.15) is 105 Å². The maximum atomic E-state index is 13.7. The van der Waals surface area contributed by atoms with E-state index in [4.69, 9.17) is 11.6 Å². The number of halogens is 3. The third-order valence-electron chi connectivity index (χ3n) is 8.48. The first-order valence-corrected chi connectivity index (χ1v) is 15.2. The lowest BCUT2D eigenvalue weighted by atomic mass is 9.76. The standard InChI is InChI=1S/C35H43ClF2/c1-2-3-4-5-6-7-26-16-20-31(21-17-26)32-22-18-29(19-23-32)13-12-27-8-10-28(11-9-27)14-15-30-24-33(37)35(36)34(38)25-30/h8-11,16-17,20-21,24-25,29,32H,2-7,12-15,18-19,22-23H2,1H3/t29-,32-. The number of hydrogen-bond acceptors (Lipinski definition) is 0. The summed E-state index contributed by atoms with van der Waals surface area (Å²) in [6.45, 7) is 2.27. The van der Waals surface area contributed by atoms with Crippen LogP contribution in [-0.4, -0.2) is 0 Å². The Bertz CT molecular complexity index is 1090. The van der Waals surface area contributed by atoms with Crippen LogP contribution in [0, 0.1) is 17.6 Å². The van der Waals surface area contributed by atoms with Gasteiger partial charge in [0, 0.05) is 0 Å². The van der Waals surface area contributed by atoms with E-state index in [1.165, 1.54) is 105 Å². The summed E-state index contributed by atoms with van der Waals surface area (Å²) in [6.07, 6.45) is 17.0. The maximum Gasteiger partial charge on any atom is 0.145 e. The van der Waals surface area contributed by atoms with Crippen LogP contribution < -0.4 is 0 Å². The highest BCUT2D eigenvalue weighted by molar-refractivity contribution is 6.30. The van der Waals surface area contributed by atoms with E-state index in [-0.39, 0.29) is 0 Å². The van der Waals surface area contributed by atoms with Gasteiger partial charge < -0.3 is 0 Å². The lowest BCUT2D eigenvalue weighted by Crippen LogP contribution is -2.14. The number of rotatable bonds is 13. The summed E-state index contributed by atoms with van der Waals surface area (Å²) in [4.78, 5) is 0. The van der Waals surface area contributed by atoms with Crippen molar-refractivity contribution in [2.75, 3.05) is 0 Å². The largest absolute Gasteiger partial charge is 0.205 e. The summed E-state index contributed by atoms with van der Waals surface area (Å²) in [5, 5.41) is -0.427. The van der Waals surface area contributed by atoms with Crippen molar-refractivity contribution in [3.8, 4) is 0 Å². The molecule has 204 valence electrons. The summed E-state index contributed by atoms with van der Waals surface area (Å²) in [5.41, 5.74) is 6.24. The number of hydrogen-bond donors (Lipinski definition) is 0. The molecule has 0 amide bonds. The molecule has 3 aromatic rings. The first-order chi connectivity index (χ1) is 18.5. The minimum Gasteiger partial charge on any atom is -0.205 e. The summed E-state index contributed by atoms with van der Waals surface area (Å²) >= 11 is 5.59. The van der Waals surface area contributed by atoms with Gasteiger partial charge in [0.2, 0.25) is 0 Å². The molecule has 1 aliphatic carbocycles. The Morgan fingerprint density at radius 2 is 1.16 bits per heavy atom. The van der Waals surface area contributed by atoms with Gasteiger partial charge in [-0.3, -0.25) is 0 Å². The monoisotopic (exact) mass is 536 g/mol. The molecule has 0 saturated heterocycles. The van der Waals surface area contributed by atoms with Crippen LogP contribution in [0.3, 0.4) is 0 Å². The first-order valence-electron chi connectivity index (χ1n) is 14.8. The van der Waals surface area contributed by atoms with E-state index in [0.717, 1.165) is 24.7 Å². The SMILES string of the molecule is CCCCCCCc1ccc([C@H]2CC[C@H](CCc3ccc(CCc4cc(F)c(Cl)c(F)c4)cc3)CC2)cc1. The Morgan fingerprint density at radius 1 is 0.632 bits per heavy atom. The second-order valence-corrected chi connectivity index (χ2v) is 11.7. The van der Waals surface area contributed by atoms with Crippen molar-refractivity contribution in [1.82, 2.24) is 0 Å². The Kier molecular flexibility index (Phi) is 11.2. The van der Waals surface area contributed by atoms with E-state index >= 15 is 0 Å². The first kappa shape index (κ1) is 28.8. The topological polar surface area (TPSA) is 0 Å². The fourth-order valence-electron chi connectivity index (χ4n) is 5.96. The van der Waals surface area contributed by atoms with Gasteiger partial charge in [0.1, 0.15) is 16.7 Å². The zero-order valence-corrected chi connectivity index (χ0v) is 23.7. The number of unbranched alkanes of at least 4 members (excludes halogenated alkanes) is 4. The molecule has 3 heteroatoms. The molecule has 0 atom stereocenters. The third kappa shape index (κ3) is 8.67. The Labute approximate surface area is 233 Å². The van der Waals surface area contributed by atoms with Crippen molar-refractivity contribution >= 4 is 11.6 Å². The van der Waals surface area contributed by atoms with Gasteiger partial charge in [-0.1, -0.05) is 92.7 Å². The highest BCUT2D eigenvalue weighted by atomic mass is 35.5. The zero-order valence-electron chi connectivity index (χ0n) is 23.0. The summed E-state index contributed by atoms with van der Waals surface area (Å²) in [6, 6.07) is 21.0. The summed E-state index contributed by atoms with van der Waals surface area (Å²) in [5.74, 6) is 0.176. The van der Waals surface area contributed by atoms with Crippen LogP contribution in [0.2, 0.25) is 5.02 Å². The maximum absolute atomic E-state index is 13.7. The minimum absolute atomic E-state index is 0.427. The highest BCUT2D eigenvalue weighted by Crippen LogP contribution is 2.37. The van der Waals surface area contributed by atoms with Gasteiger partial charge in [-0.25, -0.2) is 8.78 Å². The predicted octanol–water partition coefficient (Wildman–Crippen LogP) is 10.8. The Morgan fingerprint density at radius 3 is 1.79 bits per heavy atom. The van der Waals surface area contributed by atoms with Crippen molar-refractivity contribution in [2.45, 2.75) is 103 Å². The summed E-state index contributed by atoms with van der Waals surface area (Å²) < 4.78 is 27.3. The van der Waals surface area contributed by atoms with Crippen LogP contribution in [0.25, 0.3) is 0 Å². The van der Waals surface area contributed by atoms with Gasteiger partial charge in [0.15, 0.2) is 0 Å². The number of aryl methyl sites for hydroxylation is 4. The lowest BCUT2D eigenvalue weighted by molar-refractivity contribution is 0.310. The van der Waals surface area contributed by atoms with Gasteiger partial charge in [0.25, 0.3) is 0 Å². The van der Waals surface area contributed by atoms with Crippen LogP contribution in [-0.2, 0) is 25.7 Å². The molecule has 3 aromatic carbocycles. The minimum atomic E-state index is -0.688. The van der Waals surface area contributed by atoms with Gasteiger partial charge in [-0.2, -0.15) is 0 Å². The molecular formula is C35H43ClF2. The highest BCUT2D eigenvalue weighted by Gasteiger charge is 2.22. The van der Waals surface area contributed by atoms with Crippen molar-refractivity contribution < 1.29 is 8.78 Å². The van der Waals surface area contributed by atoms with Gasteiger partial charge in [-0.05, 0) is 116 Å². The summed E-state index contributed by atoms with van der Waals surface area (Å²) in [7, 11) is 0. The van der Waals surface area contributed by atoms with E-state index in [2.05, 4.69) is 55.5 Å². The average molecular weight is 537 g/mol. The lowest BCUT2D eigenvalue weighted by Gasteiger charge is -2.29. The van der Waals surface area contributed by atoms with Crippen molar-refractivity contribution in [3.63, 3.8) is 0 Å². The molecule has 4 rings (SSSR count). The fourth-order valence-corrected chi connectivity index (χ4v) is 6.07. The molecule has 0 N–H and O–H groups in total. The molecule has 0 aliphatic heterocycles. The second kappa shape index (κ2) is 14.8. The fraction of sp³-hybridized carbons (Fsp3) is 0.486. The van der Waals surface area contributed by atoms with Gasteiger partial charge in [0.05, 0.1) is 0 Å². The van der Waals surface area contributed by atoms with Gasteiger partial charge in [-0.15, -0.1) is 0 Å². The van der Waals surface area contributed by atoms with Crippen LogP contribution >= 0.6 is 11.6 Å². The molecule has 0 nitrogen and oxygen atoms in total. The molecule has 38 heavy (non-hydrogen) atoms. The van der Waals surface area contributed by atoms with Gasteiger partial charge >= 0.3 is 0 Å². The molecule has 0 aromatic heterocycles. The molecule has 0 unspecified atom stereocenters. The number of benzene rings is 3. The van der Waals surface area contributed by atoms with E-state index in [1.807, 2.05) is 0 Å². The predicted molar refractivity (Wildman–Crippen MR) is 157 cm³/mol. The zero-order chi connectivity index (χ0) is 26.7. The molecular weight excluding hydrogens is 494 g/mol. The Hall–Kier alpha value is -2.19. The molecule has 0 spiro atoms. The normalized spacial score (nSPS) is 17.6. The van der Waals surface area contributed by atoms with E-state index in [9.17, 15) is 8.78 Å². The third-order valence-corrected chi connectivity index (χ3v) is 8.84. The van der Waals surface area contributed by atoms with E-state index in [0.29, 0.717) is 12.0 Å². The Balaban J connectivity index is 1.15. The van der Waals surface area contributed by atoms with E-state index < -0.39 is 16.7 Å². The second-order valence-electron chi connectivity index (χ2n) is 11.4. The molecule has 0 heterocycles. The molecule has 1 fully saturated rings. The van der Waals surface area contributed by atoms with Crippen LogP contribution in [0.5, 0.6) is 0 Å². The van der Waals surface area contributed by atoms with Crippen molar-refractivity contribution in [1.29, 1.82) is 0 Å². The van der Waals surface area contributed by atoms with Crippen molar-refractivity contribution in [3.05, 3.63) is 105 Å². The van der Waals surface area contributed by atoms with Crippen molar-refractivity contribution in [2.24, 2.45) is 5.92 Å². The molecule has 0 radical (unpaired) electrons. The molecule has 0 bridgehead atoms. The smallest absolute Gasteiger partial charge is 0.145 e. The average Bonchev–Trinajstić information content (AvgIpc) is 2.95. The van der Waals surface area contributed by atoms with Crippen LogP contribution in [0.15, 0.2) is 60.7 Å². The van der Waals surface area contributed by atoms with E-state index in [1.54, 1.807) is 0 Å². The quantitative estimate of drug-likeness (QED) is 0.150. The van der Waals surface area contributed by atoms with Crippen LogP contribution in [0.4, 0.5) is 8.78 Å². The molecule has 1 aliphatic rings. The molecule has 1 saturated carbocycles.